The van der Waals surface area contributed by atoms with E-state index in [1.165, 1.54) is 16.1 Å². The molecule has 0 fully saturated rings. The van der Waals surface area contributed by atoms with Gasteiger partial charge in [-0.05, 0) is 37.0 Å². The third-order valence-corrected chi connectivity index (χ3v) is 4.38. The van der Waals surface area contributed by atoms with Gasteiger partial charge in [-0.1, -0.05) is 24.3 Å². The van der Waals surface area contributed by atoms with Gasteiger partial charge < -0.3 is 10.2 Å². The topological polar surface area (TPSA) is 15.3 Å². The van der Waals surface area contributed by atoms with Crippen molar-refractivity contribution in [3.05, 3.63) is 52.2 Å². The minimum atomic E-state index is 0.497. The molecule has 0 spiro atoms. The molecule has 1 atom stereocenters. The number of thiophene rings is 1. The predicted molar refractivity (Wildman–Crippen MR) is 85.1 cm³/mol. The van der Waals surface area contributed by atoms with Crippen LogP contribution in [0.4, 0.5) is 5.69 Å². The van der Waals surface area contributed by atoms with Crippen LogP contribution in [0.5, 0.6) is 0 Å². The van der Waals surface area contributed by atoms with Gasteiger partial charge in [0.05, 0.1) is 0 Å². The summed E-state index contributed by atoms with van der Waals surface area (Å²) in [5, 5.41) is 5.39. The van der Waals surface area contributed by atoms with Crippen molar-refractivity contribution in [2.45, 2.75) is 25.9 Å². The Morgan fingerprint density at radius 2 is 2.00 bits per heavy atom. The fourth-order valence-electron chi connectivity index (χ4n) is 2.29. The Kier molecular flexibility index (Phi) is 5.00. The molecule has 0 bridgehead atoms. The number of anilines is 1. The lowest BCUT2D eigenvalue weighted by atomic mass is 10.1. The van der Waals surface area contributed by atoms with Crippen LogP contribution in [0.2, 0.25) is 0 Å². The van der Waals surface area contributed by atoms with Crippen molar-refractivity contribution in [3.63, 3.8) is 0 Å². The van der Waals surface area contributed by atoms with Crippen LogP contribution < -0.4 is 10.2 Å². The first kappa shape index (κ1) is 14.1. The zero-order chi connectivity index (χ0) is 13.7. The van der Waals surface area contributed by atoms with Crippen LogP contribution in [0.3, 0.4) is 0 Å². The second-order valence-corrected chi connectivity index (χ2v) is 5.93. The molecule has 0 amide bonds. The summed E-state index contributed by atoms with van der Waals surface area (Å²) in [6.45, 7) is 3.20. The molecule has 0 aliphatic carbocycles. The summed E-state index contributed by atoms with van der Waals surface area (Å²) in [7, 11) is 4.18. The first-order chi connectivity index (χ1) is 9.22. The maximum Gasteiger partial charge on any atom is 0.0411 e. The number of nitrogens with zero attached hydrogens (tertiary/aromatic N) is 1. The molecule has 0 aliphatic heterocycles. The van der Waals surface area contributed by atoms with E-state index in [0.717, 1.165) is 13.0 Å². The van der Waals surface area contributed by atoms with Crippen LogP contribution in [-0.2, 0) is 13.0 Å². The zero-order valence-corrected chi connectivity index (χ0v) is 12.7. The van der Waals surface area contributed by atoms with Gasteiger partial charge in [-0.3, -0.25) is 0 Å². The minimum Gasteiger partial charge on any atom is -0.371 e. The van der Waals surface area contributed by atoms with Gasteiger partial charge in [0.1, 0.15) is 0 Å². The van der Waals surface area contributed by atoms with Crippen LogP contribution in [0, 0.1) is 0 Å². The highest BCUT2D eigenvalue weighted by molar-refractivity contribution is 7.09. The standard InChI is InChI=1S/C16H22N2S/c1-13(11-15-8-6-10-19-15)18(3)16-9-5-4-7-14(16)12-17-2/h4-10,13,17H,11-12H2,1-3H3. The van der Waals surface area contributed by atoms with Gasteiger partial charge in [0, 0.05) is 36.6 Å². The summed E-state index contributed by atoms with van der Waals surface area (Å²) >= 11 is 1.84. The lowest BCUT2D eigenvalue weighted by Crippen LogP contribution is -2.31. The van der Waals surface area contributed by atoms with Crippen molar-refractivity contribution >= 4 is 17.0 Å². The van der Waals surface area contributed by atoms with Gasteiger partial charge >= 0.3 is 0 Å². The molecule has 1 N–H and O–H groups in total. The summed E-state index contributed by atoms with van der Waals surface area (Å²) in [5.74, 6) is 0. The minimum absolute atomic E-state index is 0.497. The Hall–Kier alpha value is -1.32. The lowest BCUT2D eigenvalue weighted by molar-refractivity contribution is 0.681. The average Bonchev–Trinajstić information content (AvgIpc) is 2.92. The van der Waals surface area contributed by atoms with Crippen LogP contribution in [0.1, 0.15) is 17.4 Å². The Balaban J connectivity index is 2.12. The van der Waals surface area contributed by atoms with E-state index in [1.54, 1.807) is 0 Å². The summed E-state index contributed by atoms with van der Waals surface area (Å²) in [5.41, 5.74) is 2.67. The van der Waals surface area contributed by atoms with Crippen molar-refractivity contribution in [2.75, 3.05) is 19.0 Å². The average molecular weight is 274 g/mol. The van der Waals surface area contributed by atoms with Crippen molar-refractivity contribution in [1.82, 2.24) is 5.32 Å². The SMILES string of the molecule is CNCc1ccccc1N(C)C(C)Cc1cccs1. The highest BCUT2D eigenvalue weighted by atomic mass is 32.1. The number of likely N-dealkylation sites (N-methyl/N-ethyl adjacent to an activating group) is 1. The Morgan fingerprint density at radius 3 is 2.68 bits per heavy atom. The second kappa shape index (κ2) is 6.73. The van der Waals surface area contributed by atoms with Gasteiger partial charge in [-0.15, -0.1) is 11.3 Å². The first-order valence-electron chi connectivity index (χ1n) is 6.70. The summed E-state index contributed by atoms with van der Waals surface area (Å²) in [4.78, 5) is 3.83. The zero-order valence-electron chi connectivity index (χ0n) is 11.9. The number of nitrogens with one attached hydrogen (secondary N) is 1. The summed E-state index contributed by atoms with van der Waals surface area (Å²) in [6, 6.07) is 13.5. The van der Waals surface area contributed by atoms with Crippen LogP contribution in [-0.4, -0.2) is 20.1 Å². The fourth-order valence-corrected chi connectivity index (χ4v) is 3.12. The Morgan fingerprint density at radius 1 is 1.21 bits per heavy atom. The molecule has 1 aromatic heterocycles. The van der Waals surface area contributed by atoms with Crippen molar-refractivity contribution < 1.29 is 0 Å². The van der Waals surface area contributed by atoms with Crippen molar-refractivity contribution in [2.24, 2.45) is 0 Å². The van der Waals surface area contributed by atoms with E-state index in [-0.39, 0.29) is 0 Å². The van der Waals surface area contributed by atoms with Crippen molar-refractivity contribution in [1.29, 1.82) is 0 Å². The van der Waals surface area contributed by atoms with Crippen molar-refractivity contribution in [3.8, 4) is 0 Å². The van der Waals surface area contributed by atoms with Crippen LogP contribution in [0.25, 0.3) is 0 Å². The van der Waals surface area contributed by atoms with Crippen LogP contribution >= 0.6 is 11.3 Å². The maximum absolute atomic E-state index is 3.24. The van der Waals surface area contributed by atoms with E-state index >= 15 is 0 Å². The van der Waals surface area contributed by atoms with Gasteiger partial charge in [0.15, 0.2) is 0 Å². The first-order valence-corrected chi connectivity index (χ1v) is 7.58. The highest BCUT2D eigenvalue weighted by Gasteiger charge is 2.13. The molecule has 2 aromatic rings. The smallest absolute Gasteiger partial charge is 0.0411 e. The normalized spacial score (nSPS) is 12.4. The quantitative estimate of drug-likeness (QED) is 0.867. The lowest BCUT2D eigenvalue weighted by Gasteiger charge is -2.29. The van der Waals surface area contributed by atoms with E-state index in [0.29, 0.717) is 6.04 Å². The fraction of sp³-hybridized carbons (Fsp3) is 0.375. The van der Waals surface area contributed by atoms with Gasteiger partial charge in [0.25, 0.3) is 0 Å². The van der Waals surface area contributed by atoms with Crippen LogP contribution in [0.15, 0.2) is 41.8 Å². The molecule has 0 radical (unpaired) electrons. The number of rotatable bonds is 6. The van der Waals surface area contributed by atoms with E-state index < -0.39 is 0 Å². The Bertz CT molecular complexity index is 493. The molecule has 1 aromatic carbocycles. The molecular weight excluding hydrogens is 252 g/mol. The van der Waals surface area contributed by atoms with E-state index in [9.17, 15) is 0 Å². The maximum atomic E-state index is 3.24. The van der Waals surface area contributed by atoms with E-state index in [4.69, 9.17) is 0 Å². The van der Waals surface area contributed by atoms with E-state index in [2.05, 4.69) is 66.0 Å². The number of hydrogen-bond donors (Lipinski definition) is 1. The Labute approximate surface area is 120 Å². The van der Waals surface area contributed by atoms with Gasteiger partial charge in [0.2, 0.25) is 0 Å². The summed E-state index contributed by atoms with van der Waals surface area (Å²) in [6.07, 6.45) is 1.10. The number of benzene rings is 1. The third-order valence-electron chi connectivity index (χ3n) is 3.48. The van der Waals surface area contributed by atoms with Gasteiger partial charge in [-0.2, -0.15) is 0 Å². The summed E-state index contributed by atoms with van der Waals surface area (Å²) < 4.78 is 0. The molecule has 19 heavy (non-hydrogen) atoms. The number of para-hydroxylation sites is 1. The third kappa shape index (κ3) is 3.58. The van der Waals surface area contributed by atoms with Gasteiger partial charge in [-0.25, -0.2) is 0 Å². The predicted octanol–water partition coefficient (Wildman–Crippen LogP) is 3.53. The molecule has 2 nitrogen and oxygen atoms in total. The monoisotopic (exact) mass is 274 g/mol. The molecule has 0 aliphatic rings. The highest BCUT2D eigenvalue weighted by Crippen LogP contribution is 2.23. The largest absolute Gasteiger partial charge is 0.371 e. The van der Waals surface area contributed by atoms with E-state index in [1.807, 2.05) is 18.4 Å². The molecule has 1 unspecified atom stereocenters. The molecule has 3 heteroatoms. The molecule has 0 saturated heterocycles. The molecule has 1 heterocycles. The molecule has 102 valence electrons. The number of hydrogen-bond acceptors (Lipinski definition) is 3. The second-order valence-electron chi connectivity index (χ2n) is 4.90. The molecule has 2 rings (SSSR count). The molecule has 0 saturated carbocycles. The molecular formula is C16H22N2S.